The lowest BCUT2D eigenvalue weighted by Crippen LogP contribution is -1.97. The van der Waals surface area contributed by atoms with Crippen molar-refractivity contribution < 1.29 is 0 Å². The molecule has 0 bridgehead atoms. The lowest BCUT2D eigenvalue weighted by atomic mass is 10.1. The Morgan fingerprint density at radius 1 is 0.900 bits per heavy atom. The molecule has 4 nitrogen and oxygen atoms in total. The van der Waals surface area contributed by atoms with Crippen LogP contribution in [-0.2, 0) is 0 Å². The molecule has 1 fully saturated rings. The summed E-state index contributed by atoms with van der Waals surface area (Å²) in [7, 11) is 0. The lowest BCUT2D eigenvalue weighted by molar-refractivity contribution is 1.13. The van der Waals surface area contributed by atoms with E-state index in [4.69, 9.17) is 17.3 Å². The summed E-state index contributed by atoms with van der Waals surface area (Å²) in [6.07, 6.45) is 2.73. The highest BCUT2D eigenvalue weighted by Crippen LogP contribution is 2.39. The summed E-state index contributed by atoms with van der Waals surface area (Å²) in [5.41, 5.74) is 10.5. The predicted molar refractivity (Wildman–Crippen MR) is 128 cm³/mol. The van der Waals surface area contributed by atoms with Crippen molar-refractivity contribution in [2.75, 3.05) is 10.5 Å². The van der Waals surface area contributed by atoms with Gasteiger partial charge in [0, 0.05) is 15.6 Å². The number of anilines is 2. The Hall–Kier alpha value is -2.76. The van der Waals surface area contributed by atoms with Crippen LogP contribution in [0.5, 0.6) is 0 Å². The van der Waals surface area contributed by atoms with Gasteiger partial charge in [0.25, 0.3) is 0 Å². The molecule has 152 valence electrons. The molecular formula is C24H23ClN4S. The van der Waals surface area contributed by atoms with Gasteiger partial charge in [-0.25, -0.2) is 9.97 Å². The van der Waals surface area contributed by atoms with E-state index in [0.717, 1.165) is 44.1 Å². The molecule has 3 N–H and O–H groups in total. The standard InChI is InChI=1S/C15H12ClN3S.C9H11N/c1-10-15(18-14-5-3-2-4-13(14)17-10)19-20-12-8-6-11(16)7-9-12;10-9-5-3-8(4-6-9)7-1-2-7/h2-9H,1H3,(H,18,19);3-7H,1-2,10H2. The molecular weight excluding hydrogens is 412 g/mol. The predicted octanol–water partition coefficient (Wildman–Crippen LogP) is 6.86. The summed E-state index contributed by atoms with van der Waals surface area (Å²) >= 11 is 7.36. The van der Waals surface area contributed by atoms with E-state index in [0.29, 0.717) is 0 Å². The van der Waals surface area contributed by atoms with Crippen molar-refractivity contribution >= 4 is 46.1 Å². The van der Waals surface area contributed by atoms with Crippen LogP contribution in [0.25, 0.3) is 11.0 Å². The van der Waals surface area contributed by atoms with Gasteiger partial charge in [0.2, 0.25) is 0 Å². The molecule has 0 unspecified atom stereocenters. The monoisotopic (exact) mass is 434 g/mol. The second-order valence-electron chi connectivity index (χ2n) is 7.25. The van der Waals surface area contributed by atoms with Crippen molar-refractivity contribution in [2.45, 2.75) is 30.6 Å². The lowest BCUT2D eigenvalue weighted by Gasteiger charge is -2.08. The minimum absolute atomic E-state index is 0.732. The number of rotatable bonds is 4. The molecule has 0 radical (unpaired) electrons. The van der Waals surface area contributed by atoms with Gasteiger partial charge in [-0.2, -0.15) is 0 Å². The number of nitrogens with two attached hydrogens (primary N) is 1. The van der Waals surface area contributed by atoms with Crippen LogP contribution in [0.15, 0.2) is 77.7 Å². The van der Waals surface area contributed by atoms with Gasteiger partial charge in [-0.1, -0.05) is 35.9 Å². The summed E-state index contributed by atoms with van der Waals surface area (Å²) in [6, 6.07) is 23.7. The zero-order valence-corrected chi connectivity index (χ0v) is 18.3. The Balaban J connectivity index is 0.000000181. The number of para-hydroxylation sites is 2. The molecule has 4 aromatic rings. The van der Waals surface area contributed by atoms with Gasteiger partial charge < -0.3 is 10.5 Å². The van der Waals surface area contributed by atoms with Crippen LogP contribution in [0, 0.1) is 6.92 Å². The number of hydrogen-bond donors (Lipinski definition) is 2. The van der Waals surface area contributed by atoms with E-state index >= 15 is 0 Å². The van der Waals surface area contributed by atoms with Crippen LogP contribution in [0.1, 0.15) is 30.0 Å². The maximum atomic E-state index is 5.87. The van der Waals surface area contributed by atoms with Crippen LogP contribution in [0.3, 0.4) is 0 Å². The van der Waals surface area contributed by atoms with Crippen molar-refractivity contribution in [3.05, 3.63) is 89.1 Å². The largest absolute Gasteiger partial charge is 0.399 e. The number of nitrogens with zero attached hydrogens (tertiary/aromatic N) is 2. The number of halogens is 1. The van der Waals surface area contributed by atoms with Crippen LogP contribution in [-0.4, -0.2) is 9.97 Å². The van der Waals surface area contributed by atoms with E-state index in [-0.39, 0.29) is 0 Å². The highest BCUT2D eigenvalue weighted by atomic mass is 35.5. The van der Waals surface area contributed by atoms with E-state index in [9.17, 15) is 0 Å². The molecule has 0 atom stereocenters. The quantitative estimate of drug-likeness (QED) is 0.271. The second kappa shape index (κ2) is 9.37. The first kappa shape index (κ1) is 20.5. The van der Waals surface area contributed by atoms with Crippen molar-refractivity contribution in [2.24, 2.45) is 0 Å². The first-order chi connectivity index (χ1) is 14.6. The third kappa shape index (κ3) is 5.43. The summed E-state index contributed by atoms with van der Waals surface area (Å²) in [6.45, 7) is 1.95. The van der Waals surface area contributed by atoms with Crippen molar-refractivity contribution in [3.8, 4) is 0 Å². The number of nitrogen functional groups attached to an aromatic ring is 1. The van der Waals surface area contributed by atoms with Crippen molar-refractivity contribution in [1.82, 2.24) is 9.97 Å². The van der Waals surface area contributed by atoms with Gasteiger partial charge in [-0.3, -0.25) is 0 Å². The Morgan fingerprint density at radius 3 is 2.17 bits per heavy atom. The molecule has 5 rings (SSSR count). The van der Waals surface area contributed by atoms with Gasteiger partial charge in [0.05, 0.1) is 16.7 Å². The maximum absolute atomic E-state index is 5.87. The van der Waals surface area contributed by atoms with Gasteiger partial charge >= 0.3 is 0 Å². The van der Waals surface area contributed by atoms with E-state index in [1.165, 1.54) is 30.4 Å². The first-order valence-electron chi connectivity index (χ1n) is 9.86. The second-order valence-corrected chi connectivity index (χ2v) is 8.56. The third-order valence-electron chi connectivity index (χ3n) is 4.81. The van der Waals surface area contributed by atoms with E-state index in [1.807, 2.05) is 67.6 Å². The van der Waals surface area contributed by atoms with Crippen molar-refractivity contribution in [1.29, 1.82) is 0 Å². The minimum atomic E-state index is 0.732. The maximum Gasteiger partial charge on any atom is 0.158 e. The smallest absolute Gasteiger partial charge is 0.158 e. The summed E-state index contributed by atoms with van der Waals surface area (Å²) in [4.78, 5) is 10.2. The molecule has 1 saturated carbocycles. The van der Waals surface area contributed by atoms with Crippen molar-refractivity contribution in [3.63, 3.8) is 0 Å². The molecule has 0 aliphatic heterocycles. The molecule has 6 heteroatoms. The van der Waals surface area contributed by atoms with Gasteiger partial charge in [0.15, 0.2) is 5.82 Å². The number of nitrogens with one attached hydrogen (secondary N) is 1. The molecule has 1 aliphatic carbocycles. The highest BCUT2D eigenvalue weighted by molar-refractivity contribution is 8.00. The number of aromatic nitrogens is 2. The number of benzene rings is 3. The summed E-state index contributed by atoms with van der Waals surface area (Å²) < 4.78 is 3.24. The zero-order chi connectivity index (χ0) is 20.9. The highest BCUT2D eigenvalue weighted by Gasteiger charge is 2.22. The minimum Gasteiger partial charge on any atom is -0.399 e. The summed E-state index contributed by atoms with van der Waals surface area (Å²) in [5, 5.41) is 0.732. The van der Waals surface area contributed by atoms with Crippen LogP contribution in [0.4, 0.5) is 11.5 Å². The molecule has 1 heterocycles. The molecule has 0 amide bonds. The fraction of sp³-hybridized carbons (Fsp3) is 0.167. The van der Waals surface area contributed by atoms with Gasteiger partial charge in [-0.15, -0.1) is 0 Å². The average molecular weight is 435 g/mol. The normalized spacial score (nSPS) is 12.9. The molecule has 0 spiro atoms. The Labute approximate surface area is 186 Å². The number of aryl methyl sites for hydroxylation is 1. The Bertz CT molecular complexity index is 1130. The molecule has 1 aliphatic rings. The topological polar surface area (TPSA) is 63.8 Å². The number of fused-ring (bicyclic) bond motifs is 1. The SMILES string of the molecule is Cc1nc2ccccc2nc1NSc1ccc(Cl)cc1.Nc1ccc(C2CC2)cc1. The summed E-state index contributed by atoms with van der Waals surface area (Å²) in [5.74, 6) is 1.63. The molecule has 30 heavy (non-hydrogen) atoms. The van der Waals surface area contributed by atoms with Crippen LogP contribution >= 0.6 is 23.5 Å². The fourth-order valence-electron chi connectivity index (χ4n) is 2.98. The molecule has 3 aromatic carbocycles. The average Bonchev–Trinajstić information content (AvgIpc) is 3.60. The first-order valence-corrected chi connectivity index (χ1v) is 11.1. The Kier molecular flexibility index (Phi) is 6.41. The van der Waals surface area contributed by atoms with E-state index < -0.39 is 0 Å². The van der Waals surface area contributed by atoms with Gasteiger partial charge in [-0.05, 0) is 91.7 Å². The third-order valence-corrected chi connectivity index (χ3v) is 5.86. The van der Waals surface area contributed by atoms with Crippen LogP contribution < -0.4 is 10.5 Å². The van der Waals surface area contributed by atoms with E-state index in [2.05, 4.69) is 26.8 Å². The van der Waals surface area contributed by atoms with Crippen LogP contribution in [0.2, 0.25) is 5.02 Å². The Morgan fingerprint density at radius 2 is 1.53 bits per heavy atom. The molecule has 1 aromatic heterocycles. The molecule has 0 saturated heterocycles. The van der Waals surface area contributed by atoms with Gasteiger partial charge in [0.1, 0.15) is 0 Å². The fourth-order valence-corrected chi connectivity index (χ4v) is 3.79. The van der Waals surface area contributed by atoms with E-state index in [1.54, 1.807) is 0 Å². The zero-order valence-electron chi connectivity index (χ0n) is 16.7. The number of hydrogen-bond acceptors (Lipinski definition) is 5.